The first-order chi connectivity index (χ1) is 12.9. The minimum atomic E-state index is 0. The molecule has 2 N–H and O–H groups in total. The van der Waals surface area contributed by atoms with Gasteiger partial charge in [0, 0.05) is 31.1 Å². The van der Waals surface area contributed by atoms with Crippen LogP contribution in [0.2, 0.25) is 0 Å². The van der Waals surface area contributed by atoms with Crippen LogP contribution >= 0.6 is 24.0 Å². The van der Waals surface area contributed by atoms with Gasteiger partial charge in [0.1, 0.15) is 5.76 Å². The summed E-state index contributed by atoms with van der Waals surface area (Å²) in [5, 5.41) is 10.9. The van der Waals surface area contributed by atoms with Crippen LogP contribution in [-0.4, -0.2) is 31.3 Å². The summed E-state index contributed by atoms with van der Waals surface area (Å²) in [6.07, 6.45) is 3.04. The van der Waals surface area contributed by atoms with E-state index in [-0.39, 0.29) is 29.4 Å². The third-order valence-electron chi connectivity index (χ3n) is 5.14. The quantitative estimate of drug-likeness (QED) is 0.243. The Hall–Kier alpha value is -1.57. The molecule has 1 heterocycles. The predicted molar refractivity (Wildman–Crippen MR) is 128 cm³/mol. The zero-order valence-corrected chi connectivity index (χ0v) is 20.4. The maximum absolute atomic E-state index is 5.22. The van der Waals surface area contributed by atoms with Gasteiger partial charge in [0.2, 0.25) is 0 Å². The molecule has 2 aromatic rings. The maximum atomic E-state index is 5.22. The van der Waals surface area contributed by atoms with E-state index in [1.807, 2.05) is 20.9 Å². The summed E-state index contributed by atoms with van der Waals surface area (Å²) < 4.78 is 5.22. The highest BCUT2D eigenvalue weighted by Gasteiger charge is 2.20. The Kier molecular flexibility index (Phi) is 9.99. The molecule has 1 aromatic heterocycles. The number of nitrogens with zero attached hydrogens (tertiary/aromatic N) is 2. The number of hydrogen-bond acceptors (Lipinski definition) is 3. The molecule has 0 aliphatic carbocycles. The molecular weight excluding hydrogens is 463 g/mol. The lowest BCUT2D eigenvalue weighted by Gasteiger charge is -2.27. The number of aryl methyl sites for hydroxylation is 3. The van der Waals surface area contributed by atoms with E-state index in [0.717, 1.165) is 49.8 Å². The van der Waals surface area contributed by atoms with Crippen molar-refractivity contribution in [2.75, 3.05) is 20.1 Å². The van der Waals surface area contributed by atoms with Crippen molar-refractivity contribution in [1.29, 1.82) is 0 Å². The summed E-state index contributed by atoms with van der Waals surface area (Å²) >= 11 is 0. The minimum Gasteiger partial charge on any atom is -0.361 e. The van der Waals surface area contributed by atoms with Crippen LogP contribution in [0.4, 0.5) is 0 Å². The molecule has 28 heavy (non-hydrogen) atoms. The van der Waals surface area contributed by atoms with Gasteiger partial charge in [-0.1, -0.05) is 50.2 Å². The van der Waals surface area contributed by atoms with Crippen molar-refractivity contribution in [3.8, 4) is 0 Å². The lowest BCUT2D eigenvalue weighted by atomic mass is 9.84. The van der Waals surface area contributed by atoms with E-state index in [2.05, 4.69) is 65.8 Å². The van der Waals surface area contributed by atoms with Gasteiger partial charge in [0.05, 0.1) is 5.69 Å². The average Bonchev–Trinajstić information content (AvgIpc) is 2.99. The van der Waals surface area contributed by atoms with Gasteiger partial charge in [0.25, 0.3) is 0 Å². The van der Waals surface area contributed by atoms with Gasteiger partial charge in [-0.25, -0.2) is 0 Å². The summed E-state index contributed by atoms with van der Waals surface area (Å²) in [6.45, 7) is 12.3. The van der Waals surface area contributed by atoms with E-state index in [4.69, 9.17) is 4.52 Å². The Morgan fingerprint density at radius 3 is 2.36 bits per heavy atom. The topological polar surface area (TPSA) is 62.5 Å². The van der Waals surface area contributed by atoms with E-state index in [9.17, 15) is 0 Å². The molecule has 0 amide bonds. The van der Waals surface area contributed by atoms with Gasteiger partial charge < -0.3 is 15.2 Å². The molecule has 0 radical (unpaired) electrons. The summed E-state index contributed by atoms with van der Waals surface area (Å²) in [7, 11) is 1.81. The van der Waals surface area contributed by atoms with Crippen LogP contribution in [0.5, 0.6) is 0 Å². The van der Waals surface area contributed by atoms with Crippen LogP contribution < -0.4 is 10.6 Å². The van der Waals surface area contributed by atoms with Crippen LogP contribution in [0.15, 0.2) is 33.8 Å². The van der Waals surface area contributed by atoms with E-state index < -0.39 is 0 Å². The van der Waals surface area contributed by atoms with Crippen LogP contribution in [0.25, 0.3) is 0 Å². The molecule has 2 rings (SSSR count). The van der Waals surface area contributed by atoms with Crippen LogP contribution in [0, 0.1) is 13.8 Å². The molecule has 0 atom stereocenters. The van der Waals surface area contributed by atoms with Gasteiger partial charge in [-0.2, -0.15) is 0 Å². The van der Waals surface area contributed by atoms with E-state index in [0.29, 0.717) is 0 Å². The van der Waals surface area contributed by atoms with Crippen molar-refractivity contribution in [3.05, 3.63) is 52.4 Å². The summed E-state index contributed by atoms with van der Waals surface area (Å²) in [5.74, 6) is 1.76. The second kappa shape index (κ2) is 11.4. The average molecular weight is 498 g/mol. The molecule has 0 unspecified atom stereocenters. The fourth-order valence-corrected chi connectivity index (χ4v) is 3.15. The van der Waals surface area contributed by atoms with Gasteiger partial charge in [-0.05, 0) is 44.2 Å². The SMILES string of the molecule is CCc1ccc(C(C)(C)CNC(=NC)NCCCc2c(C)noc2C)cc1.I. The zero-order chi connectivity index (χ0) is 19.9. The minimum absolute atomic E-state index is 0. The van der Waals surface area contributed by atoms with Crippen molar-refractivity contribution in [2.24, 2.45) is 4.99 Å². The van der Waals surface area contributed by atoms with Crippen molar-refractivity contribution in [1.82, 2.24) is 15.8 Å². The highest BCUT2D eigenvalue weighted by Crippen LogP contribution is 2.22. The number of rotatable bonds is 8. The molecule has 0 saturated heterocycles. The van der Waals surface area contributed by atoms with Crippen LogP contribution in [0.3, 0.4) is 0 Å². The Morgan fingerprint density at radius 1 is 1.14 bits per heavy atom. The zero-order valence-electron chi connectivity index (χ0n) is 18.1. The molecule has 156 valence electrons. The largest absolute Gasteiger partial charge is 0.361 e. The molecule has 1 aromatic carbocycles. The highest BCUT2D eigenvalue weighted by molar-refractivity contribution is 14.0. The smallest absolute Gasteiger partial charge is 0.191 e. The number of benzene rings is 1. The molecular formula is C22H35IN4O. The molecule has 0 bridgehead atoms. The fraction of sp³-hybridized carbons (Fsp3) is 0.545. The number of aliphatic imine (C=N–C) groups is 1. The van der Waals surface area contributed by atoms with E-state index in [1.165, 1.54) is 16.7 Å². The normalized spacial score (nSPS) is 11.9. The van der Waals surface area contributed by atoms with Gasteiger partial charge in [-0.15, -0.1) is 24.0 Å². The van der Waals surface area contributed by atoms with Gasteiger partial charge in [0.15, 0.2) is 5.96 Å². The molecule has 0 saturated carbocycles. The van der Waals surface area contributed by atoms with Crippen LogP contribution in [-0.2, 0) is 18.3 Å². The third-order valence-corrected chi connectivity index (χ3v) is 5.14. The number of halogens is 1. The molecule has 5 nitrogen and oxygen atoms in total. The summed E-state index contributed by atoms with van der Waals surface area (Å²) in [4.78, 5) is 4.35. The molecule has 0 fully saturated rings. The van der Waals surface area contributed by atoms with E-state index >= 15 is 0 Å². The summed E-state index contributed by atoms with van der Waals surface area (Å²) in [5.41, 5.74) is 4.95. The molecule has 6 heteroatoms. The Bertz CT molecular complexity index is 731. The molecule has 0 aliphatic heterocycles. The summed E-state index contributed by atoms with van der Waals surface area (Å²) in [6, 6.07) is 8.92. The molecule has 0 aliphatic rings. The lowest BCUT2D eigenvalue weighted by Crippen LogP contribution is -2.43. The number of nitrogens with one attached hydrogen (secondary N) is 2. The number of hydrogen-bond donors (Lipinski definition) is 2. The predicted octanol–water partition coefficient (Wildman–Crippen LogP) is 4.55. The van der Waals surface area contributed by atoms with Gasteiger partial charge >= 0.3 is 0 Å². The second-order valence-electron chi connectivity index (χ2n) is 7.69. The fourth-order valence-electron chi connectivity index (χ4n) is 3.15. The van der Waals surface area contributed by atoms with Gasteiger partial charge in [-0.3, -0.25) is 4.99 Å². The van der Waals surface area contributed by atoms with Crippen molar-refractivity contribution >= 4 is 29.9 Å². The lowest BCUT2D eigenvalue weighted by molar-refractivity contribution is 0.392. The first-order valence-electron chi connectivity index (χ1n) is 9.83. The highest BCUT2D eigenvalue weighted by atomic mass is 127. The van der Waals surface area contributed by atoms with E-state index in [1.54, 1.807) is 0 Å². The number of guanidine groups is 1. The second-order valence-corrected chi connectivity index (χ2v) is 7.69. The van der Waals surface area contributed by atoms with Crippen molar-refractivity contribution in [2.45, 2.75) is 59.3 Å². The first kappa shape index (κ1) is 24.5. The van der Waals surface area contributed by atoms with Crippen LogP contribution in [0.1, 0.15) is 55.3 Å². The monoisotopic (exact) mass is 498 g/mol. The Balaban J connectivity index is 0.00000392. The van der Waals surface area contributed by atoms with Crippen molar-refractivity contribution < 1.29 is 4.52 Å². The Morgan fingerprint density at radius 2 is 1.82 bits per heavy atom. The molecule has 0 spiro atoms. The Labute approximate surface area is 186 Å². The first-order valence-corrected chi connectivity index (χ1v) is 9.83. The number of aromatic nitrogens is 1. The third kappa shape index (κ3) is 6.79. The standard InChI is InChI=1S/C22H34N4O.HI/c1-7-18-10-12-19(13-11-18)22(4,5)15-25-21(23-6)24-14-8-9-20-16(2)26-27-17(20)3;/h10-13H,7-9,14-15H2,1-6H3,(H2,23,24,25);1H. The van der Waals surface area contributed by atoms with Crippen molar-refractivity contribution in [3.63, 3.8) is 0 Å². The maximum Gasteiger partial charge on any atom is 0.191 e.